The molecule has 2 nitrogen and oxygen atoms in total. The zero-order valence-corrected chi connectivity index (χ0v) is 10.6. The van der Waals surface area contributed by atoms with Crippen molar-refractivity contribution in [3.63, 3.8) is 0 Å². The third-order valence-corrected chi connectivity index (χ3v) is 4.52. The van der Waals surface area contributed by atoms with Crippen molar-refractivity contribution in [1.29, 1.82) is 0 Å². The molecule has 2 heteroatoms. The first-order valence-electron chi connectivity index (χ1n) is 6.55. The summed E-state index contributed by atoms with van der Waals surface area (Å²) in [5, 5.41) is 3.42. The summed E-state index contributed by atoms with van der Waals surface area (Å²) in [5.41, 5.74) is 0.543. The van der Waals surface area contributed by atoms with Crippen LogP contribution in [0.4, 0.5) is 0 Å². The number of likely N-dealkylation sites (N-methyl/N-ethyl adjacent to an activating group) is 1. The van der Waals surface area contributed by atoms with Crippen LogP contribution in [0.2, 0.25) is 0 Å². The maximum absolute atomic E-state index is 3.42. The largest absolute Gasteiger partial charge is 0.316 e. The Morgan fingerprint density at radius 2 is 2.00 bits per heavy atom. The Morgan fingerprint density at radius 1 is 1.20 bits per heavy atom. The van der Waals surface area contributed by atoms with E-state index in [1.54, 1.807) is 0 Å². The Hall–Kier alpha value is -0.0800. The highest BCUT2D eigenvalue weighted by molar-refractivity contribution is 4.93. The molecule has 1 heterocycles. The zero-order valence-electron chi connectivity index (χ0n) is 10.6. The number of hydrogen-bond acceptors (Lipinski definition) is 2. The van der Waals surface area contributed by atoms with E-state index in [4.69, 9.17) is 0 Å². The number of nitrogens with zero attached hydrogens (tertiary/aromatic N) is 1. The molecular formula is C13H26N2. The van der Waals surface area contributed by atoms with Gasteiger partial charge in [-0.1, -0.05) is 26.7 Å². The SMILES string of the molecule is CNC1CCN(C2CCCCC2(C)C)C1. The van der Waals surface area contributed by atoms with Gasteiger partial charge in [0.2, 0.25) is 0 Å². The van der Waals surface area contributed by atoms with Crippen LogP contribution >= 0.6 is 0 Å². The molecule has 2 fully saturated rings. The van der Waals surface area contributed by atoms with E-state index < -0.39 is 0 Å². The van der Waals surface area contributed by atoms with Crippen molar-refractivity contribution in [1.82, 2.24) is 10.2 Å². The van der Waals surface area contributed by atoms with Gasteiger partial charge in [0.05, 0.1) is 0 Å². The van der Waals surface area contributed by atoms with E-state index in [0.717, 1.165) is 12.1 Å². The van der Waals surface area contributed by atoms with Crippen molar-refractivity contribution >= 4 is 0 Å². The molecule has 1 N–H and O–H groups in total. The quantitative estimate of drug-likeness (QED) is 0.752. The average Bonchev–Trinajstić information content (AvgIpc) is 2.65. The van der Waals surface area contributed by atoms with Crippen molar-refractivity contribution in [3.8, 4) is 0 Å². The van der Waals surface area contributed by atoms with Crippen LogP contribution in [0.25, 0.3) is 0 Å². The van der Waals surface area contributed by atoms with Crippen LogP contribution in [-0.2, 0) is 0 Å². The Bertz CT molecular complexity index is 213. The third-order valence-electron chi connectivity index (χ3n) is 4.52. The van der Waals surface area contributed by atoms with Crippen LogP contribution in [0, 0.1) is 5.41 Å². The van der Waals surface area contributed by atoms with E-state index in [0.29, 0.717) is 5.41 Å². The highest BCUT2D eigenvalue weighted by Gasteiger charge is 2.38. The molecule has 0 spiro atoms. The van der Waals surface area contributed by atoms with Gasteiger partial charge >= 0.3 is 0 Å². The first-order valence-corrected chi connectivity index (χ1v) is 6.55. The number of nitrogens with one attached hydrogen (secondary N) is 1. The fourth-order valence-electron chi connectivity index (χ4n) is 3.46. The number of hydrogen-bond donors (Lipinski definition) is 1. The molecule has 88 valence electrons. The summed E-state index contributed by atoms with van der Waals surface area (Å²) in [5.74, 6) is 0. The summed E-state index contributed by atoms with van der Waals surface area (Å²) in [6, 6.07) is 1.58. The summed E-state index contributed by atoms with van der Waals surface area (Å²) in [6.45, 7) is 7.50. The fraction of sp³-hybridized carbons (Fsp3) is 1.00. The summed E-state index contributed by atoms with van der Waals surface area (Å²) < 4.78 is 0. The van der Waals surface area contributed by atoms with Gasteiger partial charge < -0.3 is 5.32 Å². The second kappa shape index (κ2) is 4.42. The van der Waals surface area contributed by atoms with Gasteiger partial charge in [-0.3, -0.25) is 4.90 Å². The van der Waals surface area contributed by atoms with Gasteiger partial charge in [-0.15, -0.1) is 0 Å². The molecule has 2 unspecified atom stereocenters. The minimum absolute atomic E-state index is 0.543. The lowest BCUT2D eigenvalue weighted by Crippen LogP contribution is -2.47. The standard InChI is InChI=1S/C13H26N2/c1-13(2)8-5-4-6-12(13)15-9-7-11(10-15)14-3/h11-12,14H,4-10H2,1-3H3. The minimum Gasteiger partial charge on any atom is -0.316 e. The highest BCUT2D eigenvalue weighted by atomic mass is 15.2. The topological polar surface area (TPSA) is 15.3 Å². The van der Waals surface area contributed by atoms with Crippen LogP contribution < -0.4 is 5.32 Å². The number of likely N-dealkylation sites (tertiary alicyclic amines) is 1. The molecule has 0 bridgehead atoms. The zero-order chi connectivity index (χ0) is 10.9. The molecule has 1 saturated carbocycles. The van der Waals surface area contributed by atoms with E-state index in [1.165, 1.54) is 45.2 Å². The molecule has 0 radical (unpaired) electrons. The van der Waals surface area contributed by atoms with Crippen molar-refractivity contribution in [3.05, 3.63) is 0 Å². The van der Waals surface area contributed by atoms with Crippen LogP contribution in [-0.4, -0.2) is 37.1 Å². The molecular weight excluding hydrogens is 184 g/mol. The van der Waals surface area contributed by atoms with Crippen molar-refractivity contribution in [2.45, 2.75) is 58.0 Å². The maximum Gasteiger partial charge on any atom is 0.0204 e. The molecule has 0 aromatic rings. The van der Waals surface area contributed by atoms with Crippen LogP contribution in [0.1, 0.15) is 46.0 Å². The maximum atomic E-state index is 3.42. The Kier molecular flexibility index (Phi) is 3.36. The summed E-state index contributed by atoms with van der Waals surface area (Å²) in [7, 11) is 2.10. The fourth-order valence-corrected chi connectivity index (χ4v) is 3.46. The number of rotatable bonds is 2. The van der Waals surface area contributed by atoms with Gasteiger partial charge in [0.1, 0.15) is 0 Å². The lowest BCUT2D eigenvalue weighted by atomic mass is 9.72. The Balaban J connectivity index is 1.97. The molecule has 0 aromatic carbocycles. The Labute approximate surface area is 94.4 Å². The van der Waals surface area contributed by atoms with Gasteiger partial charge in [-0.25, -0.2) is 0 Å². The van der Waals surface area contributed by atoms with Crippen molar-refractivity contribution in [2.24, 2.45) is 5.41 Å². The van der Waals surface area contributed by atoms with E-state index in [1.807, 2.05) is 0 Å². The molecule has 1 aliphatic carbocycles. The molecule has 0 aromatic heterocycles. The van der Waals surface area contributed by atoms with Gasteiger partial charge in [-0.2, -0.15) is 0 Å². The lowest BCUT2D eigenvalue weighted by Gasteiger charge is -2.44. The molecule has 2 atom stereocenters. The highest BCUT2D eigenvalue weighted by Crippen LogP contribution is 2.39. The van der Waals surface area contributed by atoms with Gasteiger partial charge in [0.25, 0.3) is 0 Å². The van der Waals surface area contributed by atoms with Crippen molar-refractivity contribution in [2.75, 3.05) is 20.1 Å². The predicted octanol–water partition coefficient (Wildman–Crippen LogP) is 2.25. The van der Waals surface area contributed by atoms with E-state index in [2.05, 4.69) is 31.1 Å². The monoisotopic (exact) mass is 210 g/mol. The molecule has 15 heavy (non-hydrogen) atoms. The molecule has 1 aliphatic heterocycles. The van der Waals surface area contributed by atoms with E-state index in [-0.39, 0.29) is 0 Å². The van der Waals surface area contributed by atoms with E-state index in [9.17, 15) is 0 Å². The average molecular weight is 210 g/mol. The van der Waals surface area contributed by atoms with Gasteiger partial charge in [-0.05, 0) is 31.7 Å². The van der Waals surface area contributed by atoms with E-state index >= 15 is 0 Å². The van der Waals surface area contributed by atoms with Crippen LogP contribution in [0.5, 0.6) is 0 Å². The molecule has 2 rings (SSSR count). The summed E-state index contributed by atoms with van der Waals surface area (Å²) in [4.78, 5) is 2.74. The molecule has 1 saturated heterocycles. The first kappa shape index (κ1) is 11.4. The first-order chi connectivity index (χ1) is 7.13. The van der Waals surface area contributed by atoms with Gasteiger partial charge in [0.15, 0.2) is 0 Å². The third kappa shape index (κ3) is 2.36. The van der Waals surface area contributed by atoms with Gasteiger partial charge in [0, 0.05) is 25.2 Å². The normalized spacial score (nSPS) is 37.0. The summed E-state index contributed by atoms with van der Waals surface area (Å²) >= 11 is 0. The summed E-state index contributed by atoms with van der Waals surface area (Å²) in [6.07, 6.45) is 7.05. The molecule has 0 amide bonds. The Morgan fingerprint density at radius 3 is 2.60 bits per heavy atom. The van der Waals surface area contributed by atoms with Crippen LogP contribution in [0.15, 0.2) is 0 Å². The second-order valence-electron chi connectivity index (χ2n) is 6.02. The smallest absolute Gasteiger partial charge is 0.0204 e. The second-order valence-corrected chi connectivity index (χ2v) is 6.02. The lowest BCUT2D eigenvalue weighted by molar-refractivity contribution is 0.0651. The van der Waals surface area contributed by atoms with Crippen LogP contribution in [0.3, 0.4) is 0 Å². The minimum atomic E-state index is 0.543. The predicted molar refractivity (Wildman–Crippen MR) is 65.1 cm³/mol. The van der Waals surface area contributed by atoms with Crippen molar-refractivity contribution < 1.29 is 0 Å². The molecule has 2 aliphatic rings.